The lowest BCUT2D eigenvalue weighted by atomic mass is 10.2. The number of hydrogen-bond donors (Lipinski definition) is 1. The highest BCUT2D eigenvalue weighted by Gasteiger charge is 2.18. The van der Waals surface area contributed by atoms with E-state index in [-0.39, 0.29) is 11.9 Å². The van der Waals surface area contributed by atoms with Gasteiger partial charge in [0.2, 0.25) is 0 Å². The third kappa shape index (κ3) is 2.77. The molecule has 0 heterocycles. The molecule has 1 amide bonds. The number of benzene rings is 1. The van der Waals surface area contributed by atoms with Gasteiger partial charge in [-0.3, -0.25) is 4.79 Å². The second kappa shape index (κ2) is 5.92. The van der Waals surface area contributed by atoms with Crippen molar-refractivity contribution < 1.29 is 4.79 Å². The molecule has 1 rings (SSSR count). The van der Waals surface area contributed by atoms with Crippen molar-refractivity contribution in [2.24, 2.45) is 5.73 Å². The second-order valence-electron chi connectivity index (χ2n) is 3.70. The quantitative estimate of drug-likeness (QED) is 0.814. The summed E-state index contributed by atoms with van der Waals surface area (Å²) in [5, 5.41) is 0. The molecule has 0 aliphatic heterocycles. The molecule has 1 aromatic rings. The second-order valence-corrected chi connectivity index (χ2v) is 4.55. The Balaban J connectivity index is 2.95. The van der Waals surface area contributed by atoms with E-state index in [4.69, 9.17) is 5.73 Å². The molecular weight excluding hydrogens is 220 g/mol. The lowest BCUT2D eigenvalue weighted by molar-refractivity contribution is 0.0745. The number of carbonyl (C=O) groups excluding carboxylic acids is 1. The number of hydrogen-bond acceptors (Lipinski definition) is 3. The van der Waals surface area contributed by atoms with E-state index in [2.05, 4.69) is 0 Å². The normalized spacial score (nSPS) is 12.2. The monoisotopic (exact) mass is 238 g/mol. The van der Waals surface area contributed by atoms with Crippen LogP contribution in [-0.4, -0.2) is 36.7 Å². The number of thioether (sulfide) groups is 1. The first-order valence-electron chi connectivity index (χ1n) is 5.22. The SMILES string of the molecule is CSc1ccccc1C(=O)N(C)C(C)CN. The Labute approximate surface area is 101 Å². The Bertz CT molecular complexity index is 368. The minimum absolute atomic E-state index is 0.0305. The first kappa shape index (κ1) is 13.1. The van der Waals surface area contributed by atoms with Crippen molar-refractivity contribution in [3.63, 3.8) is 0 Å². The third-order valence-electron chi connectivity index (χ3n) is 2.66. The lowest BCUT2D eigenvalue weighted by Crippen LogP contribution is -2.39. The van der Waals surface area contributed by atoms with Crippen molar-refractivity contribution in [3.05, 3.63) is 29.8 Å². The van der Waals surface area contributed by atoms with Crippen molar-refractivity contribution in [2.45, 2.75) is 17.9 Å². The van der Waals surface area contributed by atoms with Gasteiger partial charge in [0.15, 0.2) is 0 Å². The Kier molecular flexibility index (Phi) is 4.83. The Morgan fingerprint density at radius 1 is 1.50 bits per heavy atom. The van der Waals surface area contributed by atoms with Crippen molar-refractivity contribution in [2.75, 3.05) is 19.8 Å². The summed E-state index contributed by atoms with van der Waals surface area (Å²) in [7, 11) is 1.79. The zero-order valence-electron chi connectivity index (χ0n) is 9.93. The molecule has 0 spiro atoms. The lowest BCUT2D eigenvalue weighted by Gasteiger charge is -2.24. The predicted octanol–water partition coefficient (Wildman–Crippen LogP) is 1.83. The fourth-order valence-electron chi connectivity index (χ4n) is 1.37. The van der Waals surface area contributed by atoms with Crippen LogP contribution in [-0.2, 0) is 0 Å². The summed E-state index contributed by atoms with van der Waals surface area (Å²) in [6.07, 6.45) is 1.97. The minimum Gasteiger partial charge on any atom is -0.338 e. The maximum atomic E-state index is 12.2. The summed E-state index contributed by atoms with van der Waals surface area (Å²) in [4.78, 5) is 14.9. The molecule has 2 N–H and O–H groups in total. The number of nitrogens with zero attached hydrogens (tertiary/aromatic N) is 1. The number of likely N-dealkylation sites (N-methyl/N-ethyl adjacent to an activating group) is 1. The van der Waals surface area contributed by atoms with Gasteiger partial charge in [-0.25, -0.2) is 0 Å². The van der Waals surface area contributed by atoms with Crippen molar-refractivity contribution >= 4 is 17.7 Å². The van der Waals surface area contributed by atoms with Crippen LogP contribution < -0.4 is 5.73 Å². The predicted molar refractivity (Wildman–Crippen MR) is 68.8 cm³/mol. The summed E-state index contributed by atoms with van der Waals surface area (Å²) in [6, 6.07) is 7.69. The number of nitrogens with two attached hydrogens (primary N) is 1. The fourth-order valence-corrected chi connectivity index (χ4v) is 1.96. The molecule has 0 aliphatic carbocycles. The van der Waals surface area contributed by atoms with E-state index in [0.29, 0.717) is 6.54 Å². The van der Waals surface area contributed by atoms with Gasteiger partial charge in [0.05, 0.1) is 5.56 Å². The smallest absolute Gasteiger partial charge is 0.255 e. The van der Waals surface area contributed by atoms with Gasteiger partial charge in [-0.05, 0) is 25.3 Å². The summed E-state index contributed by atoms with van der Waals surface area (Å²) in [5.41, 5.74) is 6.31. The summed E-state index contributed by atoms with van der Waals surface area (Å²) >= 11 is 1.58. The van der Waals surface area contributed by atoms with Gasteiger partial charge in [0, 0.05) is 24.5 Å². The third-order valence-corrected chi connectivity index (χ3v) is 3.46. The van der Waals surface area contributed by atoms with Crippen LogP contribution in [0, 0.1) is 0 Å². The topological polar surface area (TPSA) is 46.3 Å². The van der Waals surface area contributed by atoms with Crippen LogP contribution in [0.3, 0.4) is 0 Å². The maximum Gasteiger partial charge on any atom is 0.255 e. The van der Waals surface area contributed by atoms with E-state index in [0.717, 1.165) is 10.5 Å². The Hall–Kier alpha value is -1.00. The zero-order chi connectivity index (χ0) is 12.1. The fraction of sp³-hybridized carbons (Fsp3) is 0.417. The van der Waals surface area contributed by atoms with E-state index in [1.807, 2.05) is 37.4 Å². The molecule has 0 radical (unpaired) electrons. The van der Waals surface area contributed by atoms with Gasteiger partial charge < -0.3 is 10.6 Å². The summed E-state index contributed by atoms with van der Waals surface area (Å²) in [6.45, 7) is 2.42. The van der Waals surface area contributed by atoms with Crippen LogP contribution in [0.5, 0.6) is 0 Å². The van der Waals surface area contributed by atoms with Crippen molar-refractivity contribution in [3.8, 4) is 0 Å². The van der Waals surface area contributed by atoms with Crippen molar-refractivity contribution in [1.82, 2.24) is 4.90 Å². The molecule has 3 nitrogen and oxygen atoms in total. The zero-order valence-corrected chi connectivity index (χ0v) is 10.8. The van der Waals surface area contributed by atoms with Gasteiger partial charge in [0.1, 0.15) is 0 Å². The summed E-state index contributed by atoms with van der Waals surface area (Å²) < 4.78 is 0. The van der Waals surface area contributed by atoms with Gasteiger partial charge in [-0.15, -0.1) is 11.8 Å². The molecule has 0 aromatic heterocycles. The van der Waals surface area contributed by atoms with E-state index in [1.54, 1.807) is 23.7 Å². The molecule has 1 atom stereocenters. The van der Waals surface area contributed by atoms with Crippen LogP contribution in [0.2, 0.25) is 0 Å². The summed E-state index contributed by atoms with van der Waals surface area (Å²) in [5.74, 6) is 0.0305. The molecule has 1 aromatic carbocycles. The van der Waals surface area contributed by atoms with E-state index in [9.17, 15) is 4.79 Å². The molecule has 1 unspecified atom stereocenters. The highest BCUT2D eigenvalue weighted by molar-refractivity contribution is 7.98. The maximum absolute atomic E-state index is 12.2. The first-order valence-corrected chi connectivity index (χ1v) is 6.44. The highest BCUT2D eigenvalue weighted by Crippen LogP contribution is 2.21. The molecule has 0 aliphatic rings. The molecular formula is C12H18N2OS. The molecule has 88 valence electrons. The van der Waals surface area contributed by atoms with Crippen LogP contribution in [0.4, 0.5) is 0 Å². The largest absolute Gasteiger partial charge is 0.338 e. The van der Waals surface area contributed by atoms with Crippen LogP contribution in [0.15, 0.2) is 29.2 Å². The highest BCUT2D eigenvalue weighted by atomic mass is 32.2. The van der Waals surface area contributed by atoms with Crippen molar-refractivity contribution in [1.29, 1.82) is 0 Å². The first-order chi connectivity index (χ1) is 7.61. The van der Waals surface area contributed by atoms with E-state index in [1.165, 1.54) is 0 Å². The average molecular weight is 238 g/mol. The van der Waals surface area contributed by atoms with Crippen LogP contribution >= 0.6 is 11.8 Å². The molecule has 0 saturated carbocycles. The number of rotatable bonds is 4. The van der Waals surface area contributed by atoms with E-state index >= 15 is 0 Å². The Morgan fingerprint density at radius 2 is 2.12 bits per heavy atom. The standard InChI is InChI=1S/C12H18N2OS/c1-9(8-13)14(2)12(15)10-6-4-5-7-11(10)16-3/h4-7,9H,8,13H2,1-3H3. The van der Waals surface area contributed by atoms with Gasteiger partial charge in [-0.2, -0.15) is 0 Å². The number of amides is 1. The molecule has 0 bridgehead atoms. The van der Waals surface area contributed by atoms with Gasteiger partial charge >= 0.3 is 0 Å². The molecule has 16 heavy (non-hydrogen) atoms. The van der Waals surface area contributed by atoms with Gasteiger partial charge in [0.25, 0.3) is 5.91 Å². The molecule has 4 heteroatoms. The van der Waals surface area contributed by atoms with Crippen LogP contribution in [0.25, 0.3) is 0 Å². The molecule has 0 saturated heterocycles. The molecule has 0 fully saturated rings. The van der Waals surface area contributed by atoms with E-state index < -0.39 is 0 Å². The van der Waals surface area contributed by atoms with Gasteiger partial charge in [-0.1, -0.05) is 12.1 Å². The van der Waals surface area contributed by atoms with Crippen LogP contribution in [0.1, 0.15) is 17.3 Å². The average Bonchev–Trinajstić information content (AvgIpc) is 2.35. The Morgan fingerprint density at radius 3 is 2.69 bits per heavy atom. The number of carbonyl (C=O) groups is 1. The minimum atomic E-state index is 0.0305.